The molecule has 2 aromatic carbocycles. The minimum atomic E-state index is -0.491. The molecule has 5 heteroatoms. The van der Waals surface area contributed by atoms with Crippen LogP contribution in [0.3, 0.4) is 0 Å². The molecule has 0 aliphatic carbocycles. The standard InChI is InChI=1S/C20H22N2O3/c1-3-17-20(24)22(16-6-4-5-7-18(16)25-17)13-12-19(23)21-15-10-8-14(2)9-11-15/h4-11,17H,3,12-13H2,1-2H3,(H,21,23). The fraction of sp³-hybridized carbons (Fsp3) is 0.300. The zero-order chi connectivity index (χ0) is 17.8. The molecule has 0 bridgehead atoms. The quantitative estimate of drug-likeness (QED) is 0.907. The molecule has 2 aromatic rings. The Morgan fingerprint density at radius 1 is 1.16 bits per heavy atom. The van der Waals surface area contributed by atoms with Crippen molar-refractivity contribution in [3.8, 4) is 5.75 Å². The van der Waals surface area contributed by atoms with Gasteiger partial charge in [-0.25, -0.2) is 0 Å². The molecule has 0 radical (unpaired) electrons. The Morgan fingerprint density at radius 3 is 2.60 bits per heavy atom. The van der Waals surface area contributed by atoms with Crippen molar-refractivity contribution in [2.24, 2.45) is 0 Å². The Balaban J connectivity index is 1.67. The van der Waals surface area contributed by atoms with Crippen LogP contribution in [-0.2, 0) is 9.59 Å². The lowest BCUT2D eigenvalue weighted by molar-refractivity contribution is -0.126. The molecule has 3 rings (SSSR count). The van der Waals surface area contributed by atoms with E-state index >= 15 is 0 Å². The maximum Gasteiger partial charge on any atom is 0.268 e. The van der Waals surface area contributed by atoms with E-state index in [1.54, 1.807) is 4.90 Å². The summed E-state index contributed by atoms with van der Waals surface area (Å²) in [5.41, 5.74) is 2.62. The predicted molar refractivity (Wildman–Crippen MR) is 97.9 cm³/mol. The summed E-state index contributed by atoms with van der Waals surface area (Å²) in [6.07, 6.45) is 0.332. The molecule has 0 saturated carbocycles. The summed E-state index contributed by atoms with van der Waals surface area (Å²) in [7, 11) is 0. The minimum Gasteiger partial charge on any atom is -0.478 e. The summed E-state index contributed by atoms with van der Waals surface area (Å²) in [6, 6.07) is 15.1. The molecule has 2 amide bonds. The van der Waals surface area contributed by atoms with Crippen LogP contribution in [0, 0.1) is 6.92 Å². The van der Waals surface area contributed by atoms with E-state index in [0.29, 0.717) is 18.7 Å². The van der Waals surface area contributed by atoms with Crippen LogP contribution < -0.4 is 15.0 Å². The van der Waals surface area contributed by atoms with Crippen molar-refractivity contribution in [2.75, 3.05) is 16.8 Å². The van der Waals surface area contributed by atoms with Crippen LogP contribution in [0.1, 0.15) is 25.3 Å². The fourth-order valence-electron chi connectivity index (χ4n) is 2.84. The van der Waals surface area contributed by atoms with E-state index in [-0.39, 0.29) is 18.2 Å². The lowest BCUT2D eigenvalue weighted by Crippen LogP contribution is -2.46. The first-order chi connectivity index (χ1) is 12.1. The smallest absolute Gasteiger partial charge is 0.268 e. The third kappa shape index (κ3) is 3.82. The van der Waals surface area contributed by atoms with Gasteiger partial charge in [0.1, 0.15) is 5.75 Å². The second-order valence-corrected chi connectivity index (χ2v) is 6.14. The second-order valence-electron chi connectivity index (χ2n) is 6.14. The molecule has 1 atom stereocenters. The van der Waals surface area contributed by atoms with E-state index in [1.165, 1.54) is 0 Å². The maximum absolute atomic E-state index is 12.6. The highest BCUT2D eigenvalue weighted by Gasteiger charge is 2.33. The molecular weight excluding hydrogens is 316 g/mol. The normalized spacial score (nSPS) is 16.2. The van der Waals surface area contributed by atoms with Gasteiger partial charge in [-0.05, 0) is 37.6 Å². The van der Waals surface area contributed by atoms with Gasteiger partial charge in [0.05, 0.1) is 5.69 Å². The van der Waals surface area contributed by atoms with Gasteiger partial charge in [0.25, 0.3) is 5.91 Å². The Labute approximate surface area is 147 Å². The summed E-state index contributed by atoms with van der Waals surface area (Å²) in [5, 5.41) is 2.86. The van der Waals surface area contributed by atoms with E-state index in [0.717, 1.165) is 16.9 Å². The van der Waals surface area contributed by atoms with E-state index in [4.69, 9.17) is 4.74 Å². The van der Waals surface area contributed by atoms with Gasteiger partial charge in [-0.15, -0.1) is 0 Å². The van der Waals surface area contributed by atoms with Crippen LogP contribution in [0.4, 0.5) is 11.4 Å². The number of fused-ring (bicyclic) bond motifs is 1. The van der Waals surface area contributed by atoms with E-state index < -0.39 is 6.10 Å². The van der Waals surface area contributed by atoms with Crippen LogP contribution >= 0.6 is 0 Å². The summed E-state index contributed by atoms with van der Waals surface area (Å²) < 4.78 is 5.75. The third-order valence-corrected chi connectivity index (χ3v) is 4.24. The highest BCUT2D eigenvalue weighted by Crippen LogP contribution is 2.34. The molecule has 25 heavy (non-hydrogen) atoms. The Kier molecular flexibility index (Phi) is 5.03. The predicted octanol–water partition coefficient (Wildman–Crippen LogP) is 3.53. The molecule has 0 saturated heterocycles. The van der Waals surface area contributed by atoms with Crippen molar-refractivity contribution in [3.63, 3.8) is 0 Å². The Hall–Kier alpha value is -2.82. The van der Waals surface area contributed by atoms with Crippen LogP contribution in [-0.4, -0.2) is 24.5 Å². The summed E-state index contributed by atoms with van der Waals surface area (Å²) in [6.45, 7) is 4.24. The van der Waals surface area contributed by atoms with Crippen LogP contribution in [0.15, 0.2) is 48.5 Å². The van der Waals surface area contributed by atoms with Crippen molar-refractivity contribution in [1.82, 2.24) is 0 Å². The molecule has 0 fully saturated rings. The number of benzene rings is 2. The molecule has 5 nitrogen and oxygen atoms in total. The summed E-state index contributed by atoms with van der Waals surface area (Å²) in [4.78, 5) is 26.5. The lowest BCUT2D eigenvalue weighted by Gasteiger charge is -2.33. The van der Waals surface area contributed by atoms with Gasteiger partial charge >= 0.3 is 0 Å². The van der Waals surface area contributed by atoms with E-state index in [9.17, 15) is 9.59 Å². The highest BCUT2D eigenvalue weighted by molar-refractivity contribution is 6.01. The molecule has 1 unspecified atom stereocenters. The van der Waals surface area contributed by atoms with Gasteiger partial charge in [0.2, 0.25) is 5.91 Å². The molecular formula is C20H22N2O3. The number of aryl methyl sites for hydroxylation is 1. The number of carbonyl (C=O) groups excluding carboxylic acids is 2. The van der Waals surface area contributed by atoms with Crippen LogP contribution in [0.25, 0.3) is 0 Å². The number of anilines is 2. The number of nitrogens with zero attached hydrogens (tertiary/aromatic N) is 1. The Morgan fingerprint density at radius 2 is 1.88 bits per heavy atom. The average Bonchev–Trinajstić information content (AvgIpc) is 2.62. The van der Waals surface area contributed by atoms with Crippen molar-refractivity contribution in [1.29, 1.82) is 0 Å². The van der Waals surface area contributed by atoms with Gasteiger partial charge in [-0.2, -0.15) is 0 Å². The average molecular weight is 338 g/mol. The van der Waals surface area contributed by atoms with Gasteiger partial charge in [0.15, 0.2) is 6.10 Å². The first kappa shape index (κ1) is 17.0. The van der Waals surface area contributed by atoms with Crippen LogP contribution in [0.5, 0.6) is 5.75 Å². The van der Waals surface area contributed by atoms with Gasteiger partial charge in [0, 0.05) is 18.7 Å². The highest BCUT2D eigenvalue weighted by atomic mass is 16.5. The monoisotopic (exact) mass is 338 g/mol. The fourth-order valence-corrected chi connectivity index (χ4v) is 2.84. The minimum absolute atomic E-state index is 0.0932. The number of para-hydroxylation sites is 2. The topological polar surface area (TPSA) is 58.6 Å². The molecule has 1 aliphatic heterocycles. The molecule has 1 N–H and O–H groups in total. The Bertz CT molecular complexity index is 771. The summed E-state index contributed by atoms with van der Waals surface area (Å²) >= 11 is 0. The molecule has 0 spiro atoms. The number of hydrogen-bond acceptors (Lipinski definition) is 3. The van der Waals surface area contributed by atoms with Gasteiger partial charge < -0.3 is 15.0 Å². The van der Waals surface area contributed by atoms with Crippen molar-refractivity contribution >= 4 is 23.2 Å². The number of ether oxygens (including phenoxy) is 1. The lowest BCUT2D eigenvalue weighted by atomic mass is 10.1. The molecule has 0 aromatic heterocycles. The number of rotatable bonds is 5. The largest absolute Gasteiger partial charge is 0.478 e. The molecule has 1 aliphatic rings. The van der Waals surface area contributed by atoms with Gasteiger partial charge in [-0.3, -0.25) is 9.59 Å². The third-order valence-electron chi connectivity index (χ3n) is 4.24. The molecule has 130 valence electrons. The van der Waals surface area contributed by atoms with E-state index in [1.807, 2.05) is 62.4 Å². The van der Waals surface area contributed by atoms with E-state index in [2.05, 4.69) is 5.32 Å². The van der Waals surface area contributed by atoms with Crippen molar-refractivity contribution < 1.29 is 14.3 Å². The maximum atomic E-state index is 12.6. The zero-order valence-electron chi connectivity index (χ0n) is 14.5. The van der Waals surface area contributed by atoms with Gasteiger partial charge in [-0.1, -0.05) is 36.8 Å². The number of carbonyl (C=O) groups is 2. The number of hydrogen-bond donors (Lipinski definition) is 1. The number of nitrogens with one attached hydrogen (secondary N) is 1. The molecule has 1 heterocycles. The first-order valence-corrected chi connectivity index (χ1v) is 8.52. The number of amides is 2. The van der Waals surface area contributed by atoms with Crippen LogP contribution in [0.2, 0.25) is 0 Å². The second kappa shape index (κ2) is 7.38. The zero-order valence-corrected chi connectivity index (χ0v) is 14.5. The van der Waals surface area contributed by atoms with Crippen molar-refractivity contribution in [3.05, 3.63) is 54.1 Å². The summed E-state index contributed by atoms with van der Waals surface area (Å²) in [5.74, 6) is 0.478. The first-order valence-electron chi connectivity index (χ1n) is 8.52. The van der Waals surface area contributed by atoms with Crippen molar-refractivity contribution in [2.45, 2.75) is 32.8 Å². The SMILES string of the molecule is CCC1Oc2ccccc2N(CCC(=O)Nc2ccc(C)cc2)C1=O.